The van der Waals surface area contributed by atoms with Crippen molar-refractivity contribution in [3.8, 4) is 11.5 Å². The summed E-state index contributed by atoms with van der Waals surface area (Å²) in [7, 11) is 3.74. The number of nitrogens with one attached hydrogen (secondary N) is 1. The Kier molecular flexibility index (Phi) is 13.0. The van der Waals surface area contributed by atoms with Crippen molar-refractivity contribution in [2.24, 2.45) is 5.92 Å². The van der Waals surface area contributed by atoms with Crippen LogP contribution in [-0.2, 0) is 11.3 Å². The number of anilines is 1. The Morgan fingerprint density at radius 3 is 2.52 bits per heavy atom. The van der Waals surface area contributed by atoms with Crippen LogP contribution in [0.4, 0.5) is 5.69 Å². The molecule has 9 nitrogen and oxygen atoms in total. The second-order valence-corrected chi connectivity index (χ2v) is 12.4. The standard InChI is InChI=1S/C37H49N3O6/c1-26-22-40(27(2)25-41)37(43)33-21-31(38-36(42)30-12-7-6-8-13-30)16-19-34(33)46-28(3)11-9-10-20-45-35(26)24-39(4)23-29-14-17-32(44-5)18-15-29/h6-8,12-19,21,26-28,35,41H,9-11,20,22-25H2,1-5H3,(H,38,42)/t26-,27+,28-,35-/m1/s1. The number of amides is 2. The minimum Gasteiger partial charge on any atom is -0.497 e. The highest BCUT2D eigenvalue weighted by atomic mass is 16.5. The van der Waals surface area contributed by atoms with Crippen LogP contribution < -0.4 is 14.8 Å². The van der Waals surface area contributed by atoms with Crippen LogP contribution in [0, 0.1) is 5.92 Å². The van der Waals surface area contributed by atoms with Crippen LogP contribution >= 0.6 is 0 Å². The SMILES string of the molecule is COc1ccc(CN(C)C[C@H]2OCCCC[C@@H](C)Oc3ccc(NC(=O)c4ccccc4)cc3C(=O)N([C@@H](C)CO)C[C@H]2C)cc1. The summed E-state index contributed by atoms with van der Waals surface area (Å²) in [6.07, 6.45) is 2.35. The molecule has 9 heteroatoms. The van der Waals surface area contributed by atoms with Crippen LogP contribution in [0.2, 0.25) is 0 Å². The fourth-order valence-electron chi connectivity index (χ4n) is 5.67. The molecular weight excluding hydrogens is 582 g/mol. The van der Waals surface area contributed by atoms with E-state index in [1.165, 1.54) is 5.56 Å². The highest BCUT2D eigenvalue weighted by Gasteiger charge is 2.30. The van der Waals surface area contributed by atoms with Gasteiger partial charge >= 0.3 is 0 Å². The number of aliphatic hydroxyl groups excluding tert-OH is 1. The van der Waals surface area contributed by atoms with Crippen molar-refractivity contribution in [2.45, 2.75) is 64.8 Å². The van der Waals surface area contributed by atoms with Crippen LogP contribution in [0.25, 0.3) is 0 Å². The van der Waals surface area contributed by atoms with Gasteiger partial charge in [0.15, 0.2) is 0 Å². The number of benzene rings is 3. The first-order valence-corrected chi connectivity index (χ1v) is 16.2. The molecule has 1 heterocycles. The van der Waals surface area contributed by atoms with E-state index in [2.05, 4.69) is 36.3 Å². The first-order chi connectivity index (χ1) is 22.2. The zero-order chi connectivity index (χ0) is 33.1. The zero-order valence-corrected chi connectivity index (χ0v) is 27.8. The lowest BCUT2D eigenvalue weighted by atomic mass is 10.0. The molecule has 0 bridgehead atoms. The Morgan fingerprint density at radius 1 is 1.09 bits per heavy atom. The third-order valence-corrected chi connectivity index (χ3v) is 8.45. The van der Waals surface area contributed by atoms with Crippen LogP contribution in [0.5, 0.6) is 11.5 Å². The first kappa shape index (κ1) is 34.9. The average molecular weight is 632 g/mol. The number of methoxy groups -OCH3 is 1. The van der Waals surface area contributed by atoms with Crippen LogP contribution in [-0.4, -0.2) is 85.4 Å². The predicted octanol–water partition coefficient (Wildman–Crippen LogP) is 5.88. The van der Waals surface area contributed by atoms with Crippen molar-refractivity contribution in [1.82, 2.24) is 9.80 Å². The normalized spacial score (nSPS) is 20.3. The highest BCUT2D eigenvalue weighted by Crippen LogP contribution is 2.29. The van der Waals surface area contributed by atoms with E-state index in [1.54, 1.807) is 54.5 Å². The van der Waals surface area contributed by atoms with Crippen molar-refractivity contribution in [3.05, 3.63) is 89.5 Å². The van der Waals surface area contributed by atoms with E-state index in [4.69, 9.17) is 14.2 Å². The van der Waals surface area contributed by atoms with E-state index in [1.807, 2.05) is 32.0 Å². The van der Waals surface area contributed by atoms with Gasteiger partial charge in [-0.25, -0.2) is 0 Å². The van der Waals surface area contributed by atoms with E-state index in [9.17, 15) is 14.7 Å². The largest absolute Gasteiger partial charge is 0.497 e. The van der Waals surface area contributed by atoms with Gasteiger partial charge in [-0.15, -0.1) is 0 Å². The number of aliphatic hydroxyl groups is 1. The molecule has 46 heavy (non-hydrogen) atoms. The Morgan fingerprint density at radius 2 is 1.83 bits per heavy atom. The Hall–Kier alpha value is -3.92. The summed E-state index contributed by atoms with van der Waals surface area (Å²) in [5, 5.41) is 13.2. The van der Waals surface area contributed by atoms with Gasteiger partial charge in [-0.05, 0) is 88.2 Å². The lowest BCUT2D eigenvalue weighted by molar-refractivity contribution is -0.0177. The second kappa shape index (κ2) is 17.1. The monoisotopic (exact) mass is 631 g/mol. The van der Waals surface area contributed by atoms with Gasteiger partial charge in [0.1, 0.15) is 11.5 Å². The molecule has 3 aromatic carbocycles. The van der Waals surface area contributed by atoms with Gasteiger partial charge in [0, 0.05) is 43.4 Å². The van der Waals surface area contributed by atoms with Crippen LogP contribution in [0.1, 0.15) is 66.3 Å². The molecule has 4 atom stereocenters. The number of carbonyl (C=O) groups is 2. The summed E-state index contributed by atoms with van der Waals surface area (Å²) in [5.41, 5.74) is 2.52. The van der Waals surface area contributed by atoms with Crippen molar-refractivity contribution in [3.63, 3.8) is 0 Å². The predicted molar refractivity (Wildman–Crippen MR) is 181 cm³/mol. The number of hydrogen-bond acceptors (Lipinski definition) is 7. The fraction of sp³-hybridized carbons (Fsp3) is 0.459. The molecule has 3 aromatic rings. The molecule has 248 valence electrons. The summed E-state index contributed by atoms with van der Waals surface area (Å²) in [4.78, 5) is 31.2. The molecule has 0 fully saturated rings. The number of rotatable bonds is 9. The van der Waals surface area contributed by atoms with Gasteiger partial charge in [0.2, 0.25) is 0 Å². The molecule has 2 amide bonds. The van der Waals surface area contributed by atoms with Crippen LogP contribution in [0.15, 0.2) is 72.8 Å². The number of ether oxygens (including phenoxy) is 3. The molecule has 0 spiro atoms. The molecule has 0 radical (unpaired) electrons. The summed E-state index contributed by atoms with van der Waals surface area (Å²) in [6, 6.07) is 21.7. The molecular formula is C37H49N3O6. The van der Waals surface area contributed by atoms with Gasteiger partial charge in [-0.1, -0.05) is 37.3 Å². The number of carbonyl (C=O) groups excluding carboxylic acids is 2. The zero-order valence-electron chi connectivity index (χ0n) is 27.8. The second-order valence-electron chi connectivity index (χ2n) is 12.4. The topological polar surface area (TPSA) is 101 Å². The molecule has 0 saturated heterocycles. The third-order valence-electron chi connectivity index (χ3n) is 8.45. The van der Waals surface area contributed by atoms with Crippen molar-refractivity contribution in [1.29, 1.82) is 0 Å². The maximum absolute atomic E-state index is 14.4. The molecule has 4 rings (SSSR count). The first-order valence-electron chi connectivity index (χ1n) is 16.2. The highest BCUT2D eigenvalue weighted by molar-refractivity contribution is 6.05. The molecule has 2 N–H and O–H groups in total. The van der Waals surface area contributed by atoms with Crippen molar-refractivity contribution in [2.75, 3.05) is 45.8 Å². The van der Waals surface area contributed by atoms with E-state index < -0.39 is 6.04 Å². The van der Waals surface area contributed by atoms with Gasteiger partial charge in [-0.3, -0.25) is 14.5 Å². The smallest absolute Gasteiger partial charge is 0.258 e. The summed E-state index contributed by atoms with van der Waals surface area (Å²) >= 11 is 0. The average Bonchev–Trinajstić information content (AvgIpc) is 3.06. The Labute approximate surface area is 273 Å². The van der Waals surface area contributed by atoms with E-state index in [0.717, 1.165) is 31.6 Å². The Bertz CT molecular complexity index is 1400. The lowest BCUT2D eigenvalue weighted by Gasteiger charge is -2.36. The maximum atomic E-state index is 14.4. The fourth-order valence-corrected chi connectivity index (χ4v) is 5.67. The Balaban J connectivity index is 1.59. The van der Waals surface area contributed by atoms with Gasteiger partial charge in [0.05, 0.1) is 37.5 Å². The van der Waals surface area contributed by atoms with E-state index in [0.29, 0.717) is 42.3 Å². The summed E-state index contributed by atoms with van der Waals surface area (Å²) in [5.74, 6) is 0.708. The molecule has 1 aliphatic heterocycles. The molecule has 0 unspecified atom stereocenters. The molecule has 0 aromatic heterocycles. The lowest BCUT2D eigenvalue weighted by Crippen LogP contribution is -2.47. The quantitative estimate of drug-likeness (QED) is 0.305. The summed E-state index contributed by atoms with van der Waals surface area (Å²) in [6.45, 7) is 8.14. The van der Waals surface area contributed by atoms with E-state index in [-0.39, 0.29) is 36.5 Å². The van der Waals surface area contributed by atoms with Gasteiger partial charge in [0.25, 0.3) is 11.8 Å². The van der Waals surface area contributed by atoms with Crippen molar-refractivity contribution >= 4 is 17.5 Å². The molecule has 0 aliphatic carbocycles. The number of fused-ring (bicyclic) bond motifs is 1. The van der Waals surface area contributed by atoms with E-state index >= 15 is 0 Å². The van der Waals surface area contributed by atoms with Gasteiger partial charge in [-0.2, -0.15) is 0 Å². The molecule has 0 saturated carbocycles. The number of hydrogen-bond donors (Lipinski definition) is 2. The van der Waals surface area contributed by atoms with Crippen molar-refractivity contribution < 1.29 is 28.9 Å². The summed E-state index contributed by atoms with van der Waals surface area (Å²) < 4.78 is 18.1. The maximum Gasteiger partial charge on any atom is 0.258 e. The number of likely N-dealkylation sites (N-methyl/N-ethyl adjacent to an activating group) is 1. The van der Waals surface area contributed by atoms with Gasteiger partial charge < -0.3 is 29.5 Å². The molecule has 1 aliphatic rings. The minimum atomic E-state index is -0.451. The third kappa shape index (κ3) is 9.79. The number of nitrogens with zero attached hydrogens (tertiary/aromatic N) is 2. The van der Waals surface area contributed by atoms with Crippen LogP contribution in [0.3, 0.4) is 0 Å². The minimum absolute atomic E-state index is 0.0385.